The summed E-state index contributed by atoms with van der Waals surface area (Å²) in [4.78, 5) is 0. The zero-order valence-electron chi connectivity index (χ0n) is 11.2. The molecule has 0 aromatic rings. The molecule has 2 aliphatic heterocycles. The zero-order chi connectivity index (χ0) is 12.5. The molecule has 2 fully saturated rings. The number of nitrogens with two attached hydrogens (primary N) is 1. The summed E-state index contributed by atoms with van der Waals surface area (Å²) in [6.45, 7) is 4.25. The average molecular weight is 242 g/mol. The highest BCUT2D eigenvalue weighted by atomic mass is 16.5. The van der Waals surface area contributed by atoms with Crippen molar-refractivity contribution in [3.63, 3.8) is 0 Å². The van der Waals surface area contributed by atoms with E-state index in [9.17, 15) is 0 Å². The fourth-order valence-corrected chi connectivity index (χ4v) is 3.13. The Kier molecular flexibility index (Phi) is 4.08. The monoisotopic (exact) mass is 242 g/mol. The second-order valence-electron chi connectivity index (χ2n) is 6.05. The largest absolute Gasteiger partial charge is 0.379 e. The summed E-state index contributed by atoms with van der Waals surface area (Å²) in [5.74, 6) is 6.30. The minimum atomic E-state index is -0.0619. The molecule has 4 atom stereocenters. The van der Waals surface area contributed by atoms with Gasteiger partial charge in [-0.2, -0.15) is 0 Å². The Morgan fingerprint density at radius 2 is 2.24 bits per heavy atom. The molecule has 2 heterocycles. The summed E-state index contributed by atoms with van der Waals surface area (Å²) in [7, 11) is 1.77. The van der Waals surface area contributed by atoms with Gasteiger partial charge in [-0.05, 0) is 46.0 Å². The lowest BCUT2D eigenvalue weighted by molar-refractivity contribution is 0.00839. The van der Waals surface area contributed by atoms with Crippen LogP contribution in [0.3, 0.4) is 0 Å². The molecule has 17 heavy (non-hydrogen) atoms. The summed E-state index contributed by atoms with van der Waals surface area (Å²) < 4.78 is 11.4. The van der Waals surface area contributed by atoms with Gasteiger partial charge in [-0.1, -0.05) is 0 Å². The lowest BCUT2D eigenvalue weighted by atomic mass is 9.81. The van der Waals surface area contributed by atoms with Gasteiger partial charge in [0, 0.05) is 19.1 Å². The van der Waals surface area contributed by atoms with Crippen LogP contribution in [0.1, 0.15) is 46.0 Å². The third-order valence-corrected chi connectivity index (χ3v) is 4.49. The van der Waals surface area contributed by atoms with Crippen LogP contribution in [-0.4, -0.2) is 31.0 Å². The first-order chi connectivity index (χ1) is 8.05. The number of hydrogen-bond acceptors (Lipinski definition) is 4. The van der Waals surface area contributed by atoms with Crippen molar-refractivity contribution >= 4 is 0 Å². The number of methoxy groups -OCH3 is 1. The van der Waals surface area contributed by atoms with E-state index in [-0.39, 0.29) is 5.60 Å². The topological polar surface area (TPSA) is 56.5 Å². The molecule has 0 saturated carbocycles. The Bertz CT molecular complexity index is 258. The first-order valence-electron chi connectivity index (χ1n) is 6.72. The number of hydrazine groups is 1. The normalized spacial score (nSPS) is 34.2. The third kappa shape index (κ3) is 2.99. The van der Waals surface area contributed by atoms with Crippen molar-refractivity contribution in [3.8, 4) is 0 Å². The van der Waals surface area contributed by atoms with Crippen LogP contribution in [-0.2, 0) is 9.47 Å². The fraction of sp³-hybridized carbons (Fsp3) is 1.00. The van der Waals surface area contributed by atoms with Crippen LogP contribution >= 0.6 is 0 Å². The van der Waals surface area contributed by atoms with E-state index in [0.717, 1.165) is 12.8 Å². The van der Waals surface area contributed by atoms with Gasteiger partial charge < -0.3 is 9.47 Å². The predicted octanol–water partition coefficient (Wildman–Crippen LogP) is 1.59. The van der Waals surface area contributed by atoms with Gasteiger partial charge >= 0.3 is 0 Å². The summed E-state index contributed by atoms with van der Waals surface area (Å²) in [6.07, 6.45) is 6.62. The summed E-state index contributed by atoms with van der Waals surface area (Å²) in [6, 6.07) is 0.361. The molecule has 0 aromatic carbocycles. The van der Waals surface area contributed by atoms with Gasteiger partial charge in [0.25, 0.3) is 0 Å². The molecule has 2 saturated heterocycles. The van der Waals surface area contributed by atoms with Gasteiger partial charge in [0.05, 0.1) is 17.8 Å². The molecule has 4 nitrogen and oxygen atoms in total. The number of nitrogens with one attached hydrogen (secondary N) is 1. The Morgan fingerprint density at radius 1 is 1.47 bits per heavy atom. The molecular formula is C13H26N2O2. The molecule has 0 radical (unpaired) electrons. The van der Waals surface area contributed by atoms with E-state index in [1.54, 1.807) is 7.11 Å². The van der Waals surface area contributed by atoms with Gasteiger partial charge in [0.2, 0.25) is 0 Å². The molecule has 0 aliphatic carbocycles. The molecular weight excluding hydrogens is 216 g/mol. The van der Waals surface area contributed by atoms with E-state index < -0.39 is 0 Å². The summed E-state index contributed by atoms with van der Waals surface area (Å²) >= 11 is 0. The molecule has 2 rings (SSSR count). The molecule has 3 N–H and O–H groups in total. The van der Waals surface area contributed by atoms with Crippen LogP contribution in [0.25, 0.3) is 0 Å². The molecule has 2 bridgehead atoms. The SMILES string of the molecule is COC(C)(C)CCC(NN)C1CC2CCC1O2. The smallest absolute Gasteiger partial charge is 0.0624 e. The van der Waals surface area contributed by atoms with E-state index in [4.69, 9.17) is 15.3 Å². The highest BCUT2D eigenvalue weighted by Crippen LogP contribution is 2.41. The van der Waals surface area contributed by atoms with Crippen molar-refractivity contribution in [3.05, 3.63) is 0 Å². The average Bonchev–Trinajstić information content (AvgIpc) is 2.92. The van der Waals surface area contributed by atoms with Crippen molar-refractivity contribution in [1.29, 1.82) is 0 Å². The highest BCUT2D eigenvalue weighted by molar-refractivity contribution is 4.95. The maximum absolute atomic E-state index is 5.90. The van der Waals surface area contributed by atoms with Crippen molar-refractivity contribution in [2.75, 3.05) is 7.11 Å². The summed E-state index contributed by atoms with van der Waals surface area (Å²) in [5, 5.41) is 0. The zero-order valence-corrected chi connectivity index (χ0v) is 11.2. The first-order valence-corrected chi connectivity index (χ1v) is 6.72. The van der Waals surface area contributed by atoms with Crippen molar-refractivity contribution < 1.29 is 9.47 Å². The molecule has 4 heteroatoms. The van der Waals surface area contributed by atoms with Crippen molar-refractivity contribution in [1.82, 2.24) is 5.43 Å². The van der Waals surface area contributed by atoms with Crippen LogP contribution in [0.5, 0.6) is 0 Å². The molecule has 4 unspecified atom stereocenters. The minimum absolute atomic E-state index is 0.0619. The minimum Gasteiger partial charge on any atom is -0.379 e. The van der Waals surface area contributed by atoms with Crippen LogP contribution in [0.2, 0.25) is 0 Å². The number of ether oxygens (including phenoxy) is 2. The van der Waals surface area contributed by atoms with Crippen LogP contribution in [0, 0.1) is 5.92 Å². The van der Waals surface area contributed by atoms with E-state index in [2.05, 4.69) is 19.3 Å². The standard InChI is InChI=1S/C13H26N2O2/c1-13(2,16-3)7-6-11(15-14)10-8-9-4-5-12(10)17-9/h9-12,15H,4-8,14H2,1-3H3. The Labute approximate surface area is 104 Å². The number of fused-ring (bicyclic) bond motifs is 2. The van der Waals surface area contributed by atoms with Crippen molar-refractivity contribution in [2.24, 2.45) is 11.8 Å². The summed E-state index contributed by atoms with van der Waals surface area (Å²) in [5.41, 5.74) is 2.93. The third-order valence-electron chi connectivity index (χ3n) is 4.49. The number of hydrogen-bond donors (Lipinski definition) is 2. The van der Waals surface area contributed by atoms with Gasteiger partial charge in [-0.15, -0.1) is 0 Å². The van der Waals surface area contributed by atoms with E-state index >= 15 is 0 Å². The van der Waals surface area contributed by atoms with E-state index in [0.29, 0.717) is 24.2 Å². The maximum atomic E-state index is 5.90. The van der Waals surface area contributed by atoms with Crippen LogP contribution < -0.4 is 11.3 Å². The molecule has 2 aliphatic rings. The Hall–Kier alpha value is -0.160. The second kappa shape index (κ2) is 5.22. The predicted molar refractivity (Wildman–Crippen MR) is 67.4 cm³/mol. The number of rotatable bonds is 6. The van der Waals surface area contributed by atoms with Crippen molar-refractivity contribution in [2.45, 2.75) is 69.8 Å². The van der Waals surface area contributed by atoms with Crippen LogP contribution in [0.15, 0.2) is 0 Å². The van der Waals surface area contributed by atoms with Gasteiger partial charge in [-0.25, -0.2) is 0 Å². The fourth-order valence-electron chi connectivity index (χ4n) is 3.13. The maximum Gasteiger partial charge on any atom is 0.0624 e. The van der Waals surface area contributed by atoms with E-state index in [1.165, 1.54) is 19.3 Å². The van der Waals surface area contributed by atoms with Crippen LogP contribution in [0.4, 0.5) is 0 Å². The second-order valence-corrected chi connectivity index (χ2v) is 6.05. The van der Waals surface area contributed by atoms with Gasteiger partial charge in [0.1, 0.15) is 0 Å². The van der Waals surface area contributed by atoms with E-state index in [1.807, 2.05) is 0 Å². The Balaban J connectivity index is 1.85. The highest BCUT2D eigenvalue weighted by Gasteiger charge is 2.44. The molecule has 0 aromatic heterocycles. The van der Waals surface area contributed by atoms with Gasteiger partial charge in [-0.3, -0.25) is 11.3 Å². The Morgan fingerprint density at radius 3 is 2.71 bits per heavy atom. The lowest BCUT2D eigenvalue weighted by Crippen LogP contribution is -2.45. The molecule has 100 valence electrons. The molecule has 0 amide bonds. The quantitative estimate of drug-likeness (QED) is 0.548. The first kappa shape index (κ1) is 13.3. The molecule has 0 spiro atoms. The van der Waals surface area contributed by atoms with Gasteiger partial charge in [0.15, 0.2) is 0 Å². The lowest BCUT2D eigenvalue weighted by Gasteiger charge is -2.31.